The van der Waals surface area contributed by atoms with E-state index < -0.39 is 0 Å². The SMILES string of the molecule is CCCCNc1nc(N)ncc1OCCCc1ccc(C)c(OCC)c1. The third-order valence-electron chi connectivity index (χ3n) is 4.02. The number of hydrogen-bond acceptors (Lipinski definition) is 6. The molecule has 0 aliphatic carbocycles. The Morgan fingerprint density at radius 3 is 2.73 bits per heavy atom. The molecule has 0 atom stereocenters. The molecule has 0 aliphatic heterocycles. The highest BCUT2D eigenvalue weighted by Crippen LogP contribution is 2.23. The van der Waals surface area contributed by atoms with Crippen molar-refractivity contribution >= 4 is 11.8 Å². The molecule has 0 unspecified atom stereocenters. The van der Waals surface area contributed by atoms with Crippen molar-refractivity contribution in [2.75, 3.05) is 30.8 Å². The number of rotatable bonds is 11. The van der Waals surface area contributed by atoms with Gasteiger partial charge in [-0.15, -0.1) is 0 Å². The molecule has 6 nitrogen and oxygen atoms in total. The van der Waals surface area contributed by atoms with Gasteiger partial charge in [-0.1, -0.05) is 25.5 Å². The number of nitrogens with zero attached hydrogens (tertiary/aromatic N) is 2. The van der Waals surface area contributed by atoms with Crippen molar-refractivity contribution in [3.63, 3.8) is 0 Å². The minimum absolute atomic E-state index is 0.249. The minimum atomic E-state index is 0.249. The van der Waals surface area contributed by atoms with E-state index in [2.05, 4.69) is 47.3 Å². The van der Waals surface area contributed by atoms with Crippen LogP contribution >= 0.6 is 0 Å². The van der Waals surface area contributed by atoms with E-state index in [9.17, 15) is 0 Å². The molecular formula is C20H30N4O2. The van der Waals surface area contributed by atoms with Gasteiger partial charge in [0.25, 0.3) is 0 Å². The third-order valence-corrected chi connectivity index (χ3v) is 4.02. The van der Waals surface area contributed by atoms with Gasteiger partial charge in [-0.2, -0.15) is 4.98 Å². The molecule has 0 aliphatic rings. The predicted molar refractivity (Wildman–Crippen MR) is 106 cm³/mol. The van der Waals surface area contributed by atoms with Gasteiger partial charge >= 0.3 is 0 Å². The molecule has 142 valence electrons. The van der Waals surface area contributed by atoms with Crippen LogP contribution in [0.4, 0.5) is 11.8 Å². The van der Waals surface area contributed by atoms with E-state index in [0.29, 0.717) is 24.8 Å². The van der Waals surface area contributed by atoms with Crippen molar-refractivity contribution in [3.8, 4) is 11.5 Å². The summed E-state index contributed by atoms with van der Waals surface area (Å²) in [5.74, 6) is 2.52. The number of unbranched alkanes of at least 4 members (excludes halogenated alkanes) is 1. The van der Waals surface area contributed by atoms with E-state index in [0.717, 1.165) is 43.5 Å². The summed E-state index contributed by atoms with van der Waals surface area (Å²) >= 11 is 0. The van der Waals surface area contributed by atoms with Crippen LogP contribution in [0.3, 0.4) is 0 Å². The topological polar surface area (TPSA) is 82.3 Å². The van der Waals surface area contributed by atoms with Crippen molar-refractivity contribution < 1.29 is 9.47 Å². The maximum absolute atomic E-state index is 5.87. The van der Waals surface area contributed by atoms with Crippen LogP contribution in [-0.2, 0) is 6.42 Å². The first-order valence-corrected chi connectivity index (χ1v) is 9.35. The molecule has 1 aromatic heterocycles. The Morgan fingerprint density at radius 2 is 1.96 bits per heavy atom. The van der Waals surface area contributed by atoms with Crippen molar-refractivity contribution in [2.24, 2.45) is 0 Å². The van der Waals surface area contributed by atoms with Crippen LogP contribution in [0.15, 0.2) is 24.4 Å². The van der Waals surface area contributed by atoms with Crippen molar-refractivity contribution in [1.29, 1.82) is 0 Å². The van der Waals surface area contributed by atoms with Crippen molar-refractivity contribution in [1.82, 2.24) is 9.97 Å². The van der Waals surface area contributed by atoms with Crippen LogP contribution in [0.2, 0.25) is 0 Å². The van der Waals surface area contributed by atoms with E-state index in [1.807, 2.05) is 6.92 Å². The summed E-state index contributed by atoms with van der Waals surface area (Å²) in [5.41, 5.74) is 8.09. The summed E-state index contributed by atoms with van der Waals surface area (Å²) in [5, 5.41) is 3.27. The van der Waals surface area contributed by atoms with Gasteiger partial charge in [-0.3, -0.25) is 0 Å². The van der Waals surface area contributed by atoms with E-state index in [4.69, 9.17) is 15.2 Å². The zero-order valence-corrected chi connectivity index (χ0v) is 16.0. The molecular weight excluding hydrogens is 328 g/mol. The number of ether oxygens (including phenoxy) is 2. The molecule has 0 bridgehead atoms. The monoisotopic (exact) mass is 358 g/mol. The fourth-order valence-corrected chi connectivity index (χ4v) is 2.57. The van der Waals surface area contributed by atoms with Crippen LogP contribution < -0.4 is 20.5 Å². The summed E-state index contributed by atoms with van der Waals surface area (Å²) < 4.78 is 11.5. The highest BCUT2D eigenvalue weighted by molar-refractivity contribution is 5.51. The number of nitrogens with two attached hydrogens (primary N) is 1. The van der Waals surface area contributed by atoms with E-state index in [1.54, 1.807) is 6.20 Å². The minimum Gasteiger partial charge on any atom is -0.494 e. The average molecular weight is 358 g/mol. The lowest BCUT2D eigenvalue weighted by Crippen LogP contribution is -2.09. The van der Waals surface area contributed by atoms with Crippen molar-refractivity contribution in [3.05, 3.63) is 35.5 Å². The van der Waals surface area contributed by atoms with Gasteiger partial charge in [0.1, 0.15) is 5.75 Å². The largest absolute Gasteiger partial charge is 0.494 e. The average Bonchev–Trinajstić information content (AvgIpc) is 2.63. The lowest BCUT2D eigenvalue weighted by atomic mass is 10.1. The standard InChI is InChI=1S/C20H30N4O2/c1-4-6-11-22-19-18(14-23-20(21)24-19)26-12-7-8-16-10-9-15(3)17(13-16)25-5-2/h9-10,13-14H,4-8,11-12H2,1-3H3,(H3,21,22,23,24). The van der Waals surface area contributed by atoms with Gasteiger partial charge in [0.05, 0.1) is 19.4 Å². The summed E-state index contributed by atoms with van der Waals surface area (Å²) in [4.78, 5) is 8.27. The third kappa shape index (κ3) is 6.10. The molecule has 1 heterocycles. The second-order valence-corrected chi connectivity index (χ2v) is 6.21. The van der Waals surface area contributed by atoms with E-state index in [1.165, 1.54) is 5.56 Å². The highest BCUT2D eigenvalue weighted by Gasteiger charge is 2.07. The fourth-order valence-electron chi connectivity index (χ4n) is 2.57. The maximum atomic E-state index is 5.87. The molecule has 0 saturated carbocycles. The van der Waals surface area contributed by atoms with E-state index in [-0.39, 0.29) is 5.95 Å². The van der Waals surface area contributed by atoms with Gasteiger partial charge in [-0.05, 0) is 50.3 Å². The molecule has 6 heteroatoms. The Labute approximate surface area is 156 Å². The molecule has 0 radical (unpaired) electrons. The number of aromatic nitrogens is 2. The molecule has 2 aromatic rings. The molecule has 0 spiro atoms. The summed E-state index contributed by atoms with van der Waals surface area (Å²) in [6.45, 7) is 8.32. The molecule has 1 aromatic carbocycles. The number of hydrogen-bond donors (Lipinski definition) is 2. The van der Waals surface area contributed by atoms with Gasteiger partial charge in [-0.25, -0.2) is 4.98 Å². The van der Waals surface area contributed by atoms with Gasteiger partial charge < -0.3 is 20.5 Å². The maximum Gasteiger partial charge on any atom is 0.222 e. The zero-order chi connectivity index (χ0) is 18.8. The molecule has 0 saturated heterocycles. The highest BCUT2D eigenvalue weighted by atomic mass is 16.5. The molecule has 26 heavy (non-hydrogen) atoms. The van der Waals surface area contributed by atoms with Gasteiger partial charge in [0.2, 0.25) is 5.95 Å². The first-order chi connectivity index (χ1) is 12.6. The molecule has 3 N–H and O–H groups in total. The number of benzene rings is 1. The number of aryl methyl sites for hydroxylation is 2. The second-order valence-electron chi connectivity index (χ2n) is 6.21. The van der Waals surface area contributed by atoms with Crippen molar-refractivity contribution in [2.45, 2.75) is 46.5 Å². The first-order valence-electron chi connectivity index (χ1n) is 9.35. The Morgan fingerprint density at radius 1 is 1.12 bits per heavy atom. The fraction of sp³-hybridized carbons (Fsp3) is 0.500. The first kappa shape index (κ1) is 19.8. The molecule has 0 fully saturated rings. The zero-order valence-electron chi connectivity index (χ0n) is 16.0. The quantitative estimate of drug-likeness (QED) is 0.591. The normalized spacial score (nSPS) is 10.6. The summed E-state index contributed by atoms with van der Waals surface area (Å²) in [6.07, 6.45) is 5.64. The van der Waals surface area contributed by atoms with Crippen LogP contribution in [0.5, 0.6) is 11.5 Å². The number of nitrogen functional groups attached to an aromatic ring is 1. The smallest absolute Gasteiger partial charge is 0.222 e. The van der Waals surface area contributed by atoms with Gasteiger partial charge in [0, 0.05) is 6.54 Å². The number of nitrogens with one attached hydrogen (secondary N) is 1. The Balaban J connectivity index is 1.87. The number of anilines is 2. The molecule has 0 amide bonds. The Hall–Kier alpha value is -2.50. The predicted octanol–water partition coefficient (Wildman–Crippen LogP) is 3.99. The van der Waals surface area contributed by atoms with Crippen LogP contribution in [-0.4, -0.2) is 29.7 Å². The summed E-state index contributed by atoms with van der Waals surface area (Å²) in [6, 6.07) is 6.36. The Bertz CT molecular complexity index is 692. The lowest BCUT2D eigenvalue weighted by Gasteiger charge is -2.13. The van der Waals surface area contributed by atoms with Gasteiger partial charge in [0.15, 0.2) is 11.6 Å². The van der Waals surface area contributed by atoms with Crippen LogP contribution in [0.25, 0.3) is 0 Å². The lowest BCUT2D eigenvalue weighted by molar-refractivity contribution is 0.309. The van der Waals surface area contributed by atoms with Crippen LogP contribution in [0, 0.1) is 6.92 Å². The summed E-state index contributed by atoms with van der Waals surface area (Å²) in [7, 11) is 0. The molecule has 2 rings (SSSR count). The Kier molecular flexibility index (Phi) is 7.99. The second kappa shape index (κ2) is 10.5. The van der Waals surface area contributed by atoms with Crippen LogP contribution in [0.1, 0.15) is 44.2 Å². The van der Waals surface area contributed by atoms with E-state index >= 15 is 0 Å².